The fourth-order valence-electron chi connectivity index (χ4n) is 3.18. The third-order valence-corrected chi connectivity index (χ3v) is 5.87. The van der Waals surface area contributed by atoms with Crippen LogP contribution in [0, 0.1) is 18.8 Å². The quantitative estimate of drug-likeness (QED) is 0.781. The van der Waals surface area contributed by atoms with Gasteiger partial charge in [-0.1, -0.05) is 11.8 Å². The number of rotatable bonds is 7. The lowest BCUT2D eigenvalue weighted by Gasteiger charge is -2.17. The molecule has 24 heavy (non-hydrogen) atoms. The molecule has 2 aliphatic carbocycles. The molecule has 0 saturated heterocycles. The molecule has 2 saturated carbocycles. The van der Waals surface area contributed by atoms with Gasteiger partial charge >= 0.3 is 0 Å². The first-order chi connectivity index (χ1) is 11.6. The molecule has 128 valence electrons. The molecule has 2 aromatic rings. The van der Waals surface area contributed by atoms with Gasteiger partial charge in [0.1, 0.15) is 5.76 Å². The number of thioether (sulfide) groups is 1. The lowest BCUT2D eigenvalue weighted by atomic mass is 10.1. The lowest BCUT2D eigenvalue weighted by Crippen LogP contribution is -2.39. The first-order valence-corrected chi connectivity index (χ1v) is 9.48. The number of amides is 1. The van der Waals surface area contributed by atoms with Gasteiger partial charge in [0.15, 0.2) is 11.0 Å². The molecule has 0 aliphatic heterocycles. The topological polar surface area (TPSA) is 72.9 Å². The van der Waals surface area contributed by atoms with Crippen molar-refractivity contribution in [3.8, 4) is 11.4 Å². The standard InChI is InChI=1S/C17H22N4O2S/c1-10-13(7-8-23-10)16-19-20-17(21(16)2)24-9-14(22)18-15(11-3-4-11)12-5-6-12/h7-8,11-12,15H,3-6,9H2,1-2H3,(H,18,22). The van der Waals surface area contributed by atoms with Crippen molar-refractivity contribution in [2.45, 2.75) is 43.8 Å². The second kappa shape index (κ2) is 6.27. The monoisotopic (exact) mass is 346 g/mol. The summed E-state index contributed by atoms with van der Waals surface area (Å²) in [5.74, 6) is 3.50. The first-order valence-electron chi connectivity index (χ1n) is 8.49. The minimum atomic E-state index is 0.104. The van der Waals surface area contributed by atoms with Crippen LogP contribution in [0.15, 0.2) is 21.9 Å². The summed E-state index contributed by atoms with van der Waals surface area (Å²) in [6.45, 7) is 1.90. The van der Waals surface area contributed by atoms with Crippen LogP contribution in [0.3, 0.4) is 0 Å². The molecule has 2 heterocycles. The number of hydrogen-bond donors (Lipinski definition) is 1. The largest absolute Gasteiger partial charge is 0.469 e. The van der Waals surface area contributed by atoms with Gasteiger partial charge in [-0.05, 0) is 50.5 Å². The Morgan fingerprint density at radius 3 is 2.67 bits per heavy atom. The highest BCUT2D eigenvalue weighted by atomic mass is 32.2. The smallest absolute Gasteiger partial charge is 0.230 e. The number of furan rings is 1. The van der Waals surface area contributed by atoms with E-state index in [9.17, 15) is 4.79 Å². The minimum Gasteiger partial charge on any atom is -0.469 e. The highest BCUT2D eigenvalue weighted by Crippen LogP contribution is 2.44. The number of aryl methyl sites for hydroxylation is 1. The van der Waals surface area contributed by atoms with Crippen LogP contribution < -0.4 is 5.32 Å². The van der Waals surface area contributed by atoms with E-state index in [-0.39, 0.29) is 5.91 Å². The van der Waals surface area contributed by atoms with Crippen LogP contribution in [0.1, 0.15) is 31.4 Å². The van der Waals surface area contributed by atoms with E-state index < -0.39 is 0 Å². The molecule has 7 heteroatoms. The Bertz CT molecular complexity index is 734. The van der Waals surface area contributed by atoms with Crippen molar-refractivity contribution in [1.82, 2.24) is 20.1 Å². The van der Waals surface area contributed by atoms with Crippen LogP contribution in [0.5, 0.6) is 0 Å². The van der Waals surface area contributed by atoms with Gasteiger partial charge in [0, 0.05) is 13.1 Å². The summed E-state index contributed by atoms with van der Waals surface area (Å²) in [6, 6.07) is 2.29. The third-order valence-electron chi connectivity index (χ3n) is 4.85. The molecule has 0 radical (unpaired) electrons. The number of nitrogens with zero attached hydrogens (tertiary/aromatic N) is 3. The van der Waals surface area contributed by atoms with Crippen molar-refractivity contribution in [3.05, 3.63) is 18.1 Å². The van der Waals surface area contributed by atoms with Crippen molar-refractivity contribution in [3.63, 3.8) is 0 Å². The van der Waals surface area contributed by atoms with Gasteiger partial charge in [0.2, 0.25) is 5.91 Å². The number of aromatic nitrogens is 3. The van der Waals surface area contributed by atoms with E-state index in [1.165, 1.54) is 37.4 Å². The molecule has 1 N–H and O–H groups in total. The Balaban J connectivity index is 1.36. The maximum Gasteiger partial charge on any atom is 0.230 e. The van der Waals surface area contributed by atoms with Crippen molar-refractivity contribution in [2.24, 2.45) is 18.9 Å². The highest BCUT2D eigenvalue weighted by molar-refractivity contribution is 7.99. The van der Waals surface area contributed by atoms with Gasteiger partial charge in [0.05, 0.1) is 17.6 Å². The molecule has 2 fully saturated rings. The van der Waals surface area contributed by atoms with E-state index >= 15 is 0 Å². The molecule has 0 spiro atoms. The zero-order valence-electron chi connectivity index (χ0n) is 14.0. The van der Waals surface area contributed by atoms with Crippen molar-refractivity contribution in [2.75, 3.05) is 5.75 Å². The molecular weight excluding hydrogens is 324 g/mol. The molecule has 0 unspecified atom stereocenters. The fourth-order valence-corrected chi connectivity index (χ4v) is 3.90. The maximum atomic E-state index is 12.3. The average Bonchev–Trinajstić information content (AvgIpc) is 3.48. The van der Waals surface area contributed by atoms with Gasteiger partial charge in [0.25, 0.3) is 0 Å². The Morgan fingerprint density at radius 2 is 2.08 bits per heavy atom. The van der Waals surface area contributed by atoms with E-state index in [0.29, 0.717) is 11.8 Å². The first kappa shape index (κ1) is 15.7. The zero-order valence-corrected chi connectivity index (χ0v) is 14.8. The highest BCUT2D eigenvalue weighted by Gasteiger charge is 2.42. The van der Waals surface area contributed by atoms with Gasteiger partial charge in [-0.25, -0.2) is 0 Å². The van der Waals surface area contributed by atoms with Crippen molar-refractivity contribution >= 4 is 17.7 Å². The van der Waals surface area contributed by atoms with E-state index in [0.717, 1.165) is 34.1 Å². The summed E-state index contributed by atoms with van der Waals surface area (Å²) in [5.41, 5.74) is 0.934. The van der Waals surface area contributed by atoms with Crippen molar-refractivity contribution < 1.29 is 9.21 Å². The predicted octanol–water partition coefficient (Wildman–Crippen LogP) is 2.78. The molecule has 1 amide bonds. The van der Waals surface area contributed by atoms with Crippen LogP contribution in [0.2, 0.25) is 0 Å². The summed E-state index contributed by atoms with van der Waals surface area (Å²) in [7, 11) is 1.92. The van der Waals surface area contributed by atoms with Gasteiger partial charge in [-0.2, -0.15) is 0 Å². The number of carbonyl (C=O) groups is 1. The molecule has 0 atom stereocenters. The third kappa shape index (κ3) is 3.22. The average molecular weight is 346 g/mol. The molecule has 2 aromatic heterocycles. The normalized spacial score (nSPS) is 17.5. The van der Waals surface area contributed by atoms with E-state index in [1.54, 1.807) is 6.26 Å². The van der Waals surface area contributed by atoms with Crippen LogP contribution in [-0.2, 0) is 11.8 Å². The van der Waals surface area contributed by atoms with E-state index in [4.69, 9.17) is 4.42 Å². The molecular formula is C17H22N4O2S. The summed E-state index contributed by atoms with van der Waals surface area (Å²) < 4.78 is 7.24. The second-order valence-corrected chi connectivity index (χ2v) is 7.75. The Kier molecular flexibility index (Phi) is 4.12. The SMILES string of the molecule is Cc1occc1-c1nnc(SCC(=O)NC(C2CC2)C2CC2)n1C. The Hall–Kier alpha value is -1.76. The molecule has 6 nitrogen and oxygen atoms in total. The molecule has 2 aliphatic rings. The van der Waals surface area contributed by atoms with Gasteiger partial charge in [-0.3, -0.25) is 4.79 Å². The number of hydrogen-bond acceptors (Lipinski definition) is 5. The van der Waals surface area contributed by atoms with Crippen LogP contribution in [-0.4, -0.2) is 32.5 Å². The maximum absolute atomic E-state index is 12.3. The molecule has 0 bridgehead atoms. The van der Waals surface area contributed by atoms with Crippen LogP contribution >= 0.6 is 11.8 Å². The number of nitrogens with one attached hydrogen (secondary N) is 1. The summed E-state index contributed by atoms with van der Waals surface area (Å²) in [5, 5.41) is 12.4. The Morgan fingerprint density at radius 1 is 1.38 bits per heavy atom. The zero-order chi connectivity index (χ0) is 16.7. The summed E-state index contributed by atoms with van der Waals surface area (Å²) in [4.78, 5) is 12.3. The van der Waals surface area contributed by atoms with Crippen LogP contribution in [0.4, 0.5) is 0 Å². The second-order valence-electron chi connectivity index (χ2n) is 6.81. The Labute approximate surface area is 145 Å². The summed E-state index contributed by atoms with van der Waals surface area (Å²) in [6.07, 6.45) is 6.72. The van der Waals surface area contributed by atoms with Crippen molar-refractivity contribution in [1.29, 1.82) is 0 Å². The number of carbonyl (C=O) groups excluding carboxylic acids is 1. The molecule has 0 aromatic carbocycles. The van der Waals surface area contributed by atoms with Crippen LogP contribution in [0.25, 0.3) is 11.4 Å². The van der Waals surface area contributed by atoms with E-state index in [1.807, 2.05) is 24.6 Å². The minimum absolute atomic E-state index is 0.104. The lowest BCUT2D eigenvalue weighted by molar-refractivity contribution is -0.119. The summed E-state index contributed by atoms with van der Waals surface area (Å²) >= 11 is 1.43. The van der Waals surface area contributed by atoms with Gasteiger partial charge < -0.3 is 14.3 Å². The fraction of sp³-hybridized carbons (Fsp3) is 0.588. The van der Waals surface area contributed by atoms with Gasteiger partial charge in [-0.15, -0.1) is 10.2 Å². The molecule has 4 rings (SSSR count). The van der Waals surface area contributed by atoms with E-state index in [2.05, 4.69) is 15.5 Å². The predicted molar refractivity (Wildman–Crippen MR) is 91.5 cm³/mol.